The maximum absolute atomic E-state index is 12.5. The van der Waals surface area contributed by atoms with Gasteiger partial charge in [0.1, 0.15) is 0 Å². The molecule has 3 N–H and O–H groups in total. The van der Waals surface area contributed by atoms with E-state index < -0.39 is 6.04 Å². The summed E-state index contributed by atoms with van der Waals surface area (Å²) < 4.78 is 2.01. The Morgan fingerprint density at radius 3 is 2.26 bits per heavy atom. The number of hydrogen-bond donors (Lipinski definition) is 2. The third-order valence-electron chi connectivity index (χ3n) is 5.19. The standard InChI is InChI=1S/C24H30N4O.2ClH/c1-18(2)22(20-11-7-4-8-12-20)14-26-24(29)23(25)13-21-16-28(17-27-21)15-19-9-5-3-6-10-19;;/h3-12,16-18,22-23H,13-15,25H2,1-2H3,(H,26,29);2*1H/t22?,23-;;/m0../s1. The summed E-state index contributed by atoms with van der Waals surface area (Å²) in [5.41, 5.74) is 9.42. The molecule has 2 aromatic carbocycles. The van der Waals surface area contributed by atoms with Crippen LogP contribution < -0.4 is 11.1 Å². The predicted octanol–water partition coefficient (Wildman–Crippen LogP) is 4.20. The van der Waals surface area contributed by atoms with Gasteiger partial charge in [0.25, 0.3) is 0 Å². The molecule has 31 heavy (non-hydrogen) atoms. The molecule has 0 fully saturated rings. The third kappa shape index (κ3) is 8.02. The Balaban J connectivity index is 0.00000240. The number of nitrogens with one attached hydrogen (secondary N) is 1. The fourth-order valence-electron chi connectivity index (χ4n) is 3.49. The van der Waals surface area contributed by atoms with E-state index >= 15 is 0 Å². The minimum absolute atomic E-state index is 0. The average Bonchev–Trinajstić information content (AvgIpc) is 3.16. The molecule has 0 bridgehead atoms. The van der Waals surface area contributed by atoms with Gasteiger partial charge in [-0.15, -0.1) is 24.8 Å². The van der Waals surface area contributed by atoms with Crippen LogP contribution >= 0.6 is 24.8 Å². The van der Waals surface area contributed by atoms with Crippen LogP contribution in [0.15, 0.2) is 73.2 Å². The van der Waals surface area contributed by atoms with Gasteiger partial charge in [0, 0.05) is 31.6 Å². The Bertz CT molecular complexity index is 900. The van der Waals surface area contributed by atoms with Crippen molar-refractivity contribution < 1.29 is 4.79 Å². The van der Waals surface area contributed by atoms with Gasteiger partial charge in [0.2, 0.25) is 5.91 Å². The molecule has 0 aliphatic carbocycles. The van der Waals surface area contributed by atoms with Gasteiger partial charge in [-0.05, 0) is 17.0 Å². The summed E-state index contributed by atoms with van der Waals surface area (Å²) in [6.07, 6.45) is 4.17. The normalized spacial score (nSPS) is 12.4. The van der Waals surface area contributed by atoms with Gasteiger partial charge in [-0.3, -0.25) is 4.79 Å². The molecule has 5 nitrogen and oxygen atoms in total. The van der Waals surface area contributed by atoms with E-state index in [1.165, 1.54) is 11.1 Å². The zero-order valence-corrected chi connectivity index (χ0v) is 19.6. The Morgan fingerprint density at radius 1 is 1.03 bits per heavy atom. The smallest absolute Gasteiger partial charge is 0.237 e. The van der Waals surface area contributed by atoms with Crippen molar-refractivity contribution in [2.45, 2.75) is 38.8 Å². The second kappa shape index (κ2) is 13.2. The van der Waals surface area contributed by atoms with E-state index in [1.807, 2.05) is 47.2 Å². The number of aromatic nitrogens is 2. The number of nitrogens with two attached hydrogens (primary N) is 1. The van der Waals surface area contributed by atoms with Crippen LogP contribution in [0.3, 0.4) is 0 Å². The number of rotatable bonds is 9. The van der Waals surface area contributed by atoms with E-state index in [-0.39, 0.29) is 36.6 Å². The number of amides is 1. The van der Waals surface area contributed by atoms with Crippen LogP contribution in [0.4, 0.5) is 0 Å². The second-order valence-corrected chi connectivity index (χ2v) is 7.84. The fourth-order valence-corrected chi connectivity index (χ4v) is 3.49. The van der Waals surface area contributed by atoms with Crippen molar-refractivity contribution in [2.24, 2.45) is 11.7 Å². The molecule has 168 valence electrons. The van der Waals surface area contributed by atoms with Gasteiger partial charge < -0.3 is 15.6 Å². The Kier molecular flexibility index (Phi) is 11.3. The van der Waals surface area contributed by atoms with E-state index in [4.69, 9.17) is 5.73 Å². The molecule has 0 aliphatic heterocycles. The molecule has 0 radical (unpaired) electrons. The molecule has 0 saturated carbocycles. The zero-order chi connectivity index (χ0) is 20.6. The van der Waals surface area contributed by atoms with Crippen molar-refractivity contribution in [3.05, 3.63) is 90.0 Å². The Labute approximate surface area is 197 Å². The highest BCUT2D eigenvalue weighted by Crippen LogP contribution is 2.23. The molecule has 1 aromatic heterocycles. The monoisotopic (exact) mass is 462 g/mol. The second-order valence-electron chi connectivity index (χ2n) is 7.84. The molecule has 7 heteroatoms. The summed E-state index contributed by atoms with van der Waals surface area (Å²) in [6.45, 7) is 5.67. The largest absolute Gasteiger partial charge is 0.354 e. The minimum Gasteiger partial charge on any atom is -0.354 e. The minimum atomic E-state index is -0.612. The van der Waals surface area contributed by atoms with Crippen LogP contribution in [0.2, 0.25) is 0 Å². The first-order chi connectivity index (χ1) is 14.0. The summed E-state index contributed by atoms with van der Waals surface area (Å²) in [5.74, 6) is 0.546. The highest BCUT2D eigenvalue weighted by molar-refractivity contribution is 5.85. The highest BCUT2D eigenvalue weighted by atomic mass is 35.5. The zero-order valence-electron chi connectivity index (χ0n) is 18.0. The summed E-state index contributed by atoms with van der Waals surface area (Å²) in [4.78, 5) is 16.9. The Hall–Kier alpha value is -2.34. The summed E-state index contributed by atoms with van der Waals surface area (Å²) in [7, 11) is 0. The molecule has 0 spiro atoms. The van der Waals surface area contributed by atoms with Crippen LogP contribution in [-0.4, -0.2) is 28.0 Å². The molecule has 3 aromatic rings. The number of imidazole rings is 1. The first kappa shape index (κ1) is 26.7. The van der Waals surface area contributed by atoms with Crippen LogP contribution in [0.1, 0.15) is 36.6 Å². The number of halogens is 2. The molecular weight excluding hydrogens is 431 g/mol. The quantitative estimate of drug-likeness (QED) is 0.500. The lowest BCUT2D eigenvalue weighted by Crippen LogP contribution is -2.43. The topological polar surface area (TPSA) is 72.9 Å². The predicted molar refractivity (Wildman–Crippen MR) is 131 cm³/mol. The van der Waals surface area contributed by atoms with Gasteiger partial charge in [-0.1, -0.05) is 74.5 Å². The van der Waals surface area contributed by atoms with Crippen molar-refractivity contribution in [1.29, 1.82) is 0 Å². The maximum atomic E-state index is 12.5. The van der Waals surface area contributed by atoms with Gasteiger partial charge in [0.15, 0.2) is 0 Å². The van der Waals surface area contributed by atoms with Crippen molar-refractivity contribution in [3.8, 4) is 0 Å². The summed E-state index contributed by atoms with van der Waals surface area (Å²) in [6, 6.07) is 19.9. The number of carbonyl (C=O) groups excluding carboxylic acids is 1. The number of hydrogen-bond acceptors (Lipinski definition) is 3. The molecule has 3 rings (SSSR count). The number of carbonyl (C=O) groups is 1. The molecule has 0 saturated heterocycles. The molecule has 1 unspecified atom stereocenters. The third-order valence-corrected chi connectivity index (χ3v) is 5.19. The molecule has 1 heterocycles. The van der Waals surface area contributed by atoms with Crippen LogP contribution in [-0.2, 0) is 17.8 Å². The first-order valence-electron chi connectivity index (χ1n) is 10.2. The lowest BCUT2D eigenvalue weighted by Gasteiger charge is -2.22. The van der Waals surface area contributed by atoms with E-state index in [9.17, 15) is 4.79 Å². The number of nitrogens with zero attached hydrogens (tertiary/aromatic N) is 2. The SMILES string of the molecule is CC(C)C(CNC(=O)[C@@H](N)Cc1cn(Cc2ccccc2)cn1)c1ccccc1.Cl.Cl. The summed E-state index contributed by atoms with van der Waals surface area (Å²) in [5, 5.41) is 3.03. The lowest BCUT2D eigenvalue weighted by atomic mass is 9.88. The lowest BCUT2D eigenvalue weighted by molar-refractivity contribution is -0.122. The van der Waals surface area contributed by atoms with Crippen molar-refractivity contribution in [3.63, 3.8) is 0 Å². The van der Waals surface area contributed by atoms with E-state index in [0.29, 0.717) is 18.9 Å². The van der Waals surface area contributed by atoms with Gasteiger partial charge in [-0.25, -0.2) is 4.98 Å². The van der Waals surface area contributed by atoms with E-state index in [1.54, 1.807) is 6.33 Å². The van der Waals surface area contributed by atoms with Crippen LogP contribution in [0.5, 0.6) is 0 Å². The van der Waals surface area contributed by atoms with Crippen molar-refractivity contribution in [1.82, 2.24) is 14.9 Å². The molecular formula is C24H32Cl2N4O. The van der Waals surface area contributed by atoms with Gasteiger partial charge in [-0.2, -0.15) is 0 Å². The van der Waals surface area contributed by atoms with Crippen LogP contribution in [0, 0.1) is 5.92 Å². The maximum Gasteiger partial charge on any atom is 0.237 e. The van der Waals surface area contributed by atoms with Gasteiger partial charge in [0.05, 0.1) is 18.1 Å². The van der Waals surface area contributed by atoms with E-state index in [2.05, 4.69) is 48.4 Å². The molecule has 0 aliphatic rings. The van der Waals surface area contributed by atoms with Crippen molar-refractivity contribution in [2.75, 3.05) is 6.54 Å². The fraction of sp³-hybridized carbons (Fsp3) is 0.333. The Morgan fingerprint density at radius 2 is 1.65 bits per heavy atom. The van der Waals surface area contributed by atoms with Crippen molar-refractivity contribution >= 4 is 30.7 Å². The van der Waals surface area contributed by atoms with Gasteiger partial charge >= 0.3 is 0 Å². The molecule has 2 atom stereocenters. The molecule has 1 amide bonds. The van der Waals surface area contributed by atoms with E-state index in [0.717, 1.165) is 12.2 Å². The number of benzene rings is 2. The highest BCUT2D eigenvalue weighted by Gasteiger charge is 2.20. The average molecular weight is 463 g/mol. The summed E-state index contributed by atoms with van der Waals surface area (Å²) >= 11 is 0. The first-order valence-corrected chi connectivity index (χ1v) is 10.2. The van der Waals surface area contributed by atoms with Crippen LogP contribution in [0.25, 0.3) is 0 Å².